The van der Waals surface area contributed by atoms with Crippen molar-refractivity contribution >= 4 is 34.4 Å². The summed E-state index contributed by atoms with van der Waals surface area (Å²) in [6, 6.07) is 5.51. The van der Waals surface area contributed by atoms with Crippen molar-refractivity contribution in [1.82, 2.24) is 4.57 Å². The second-order valence-electron chi connectivity index (χ2n) is 6.15. The molecule has 27 heavy (non-hydrogen) atoms. The minimum atomic E-state index is -1.15. The van der Waals surface area contributed by atoms with Crippen molar-refractivity contribution in [3.05, 3.63) is 63.8 Å². The number of aliphatic carboxylic acids is 1. The number of carbonyl (C=O) groups excluding carboxylic acids is 1. The average Bonchev–Trinajstić information content (AvgIpc) is 2.87. The molecule has 1 atom stereocenters. The van der Waals surface area contributed by atoms with Crippen molar-refractivity contribution in [3.63, 3.8) is 0 Å². The normalized spacial score (nSPS) is 12.3. The van der Waals surface area contributed by atoms with Crippen LogP contribution in [0.4, 0.5) is 8.78 Å². The maximum absolute atomic E-state index is 13.9. The summed E-state index contributed by atoms with van der Waals surface area (Å²) in [6.07, 6.45) is 0. The molecule has 5 nitrogen and oxygen atoms in total. The van der Waals surface area contributed by atoms with Crippen molar-refractivity contribution < 1.29 is 28.6 Å². The third kappa shape index (κ3) is 3.04. The van der Waals surface area contributed by atoms with Gasteiger partial charge in [0.05, 0.1) is 16.5 Å². The number of carbonyl (C=O) groups is 2. The third-order valence-electron chi connectivity index (χ3n) is 4.49. The number of carboxylic acid groups (broad SMARTS) is 1. The molecule has 0 saturated carbocycles. The molecule has 2 aromatic carbocycles. The first-order valence-corrected chi connectivity index (χ1v) is 8.27. The highest BCUT2D eigenvalue weighted by Gasteiger charge is 2.27. The van der Waals surface area contributed by atoms with Gasteiger partial charge in [0.15, 0.2) is 11.6 Å². The molecule has 0 amide bonds. The number of carboxylic acids is 1. The van der Waals surface area contributed by atoms with E-state index in [2.05, 4.69) is 0 Å². The summed E-state index contributed by atoms with van der Waals surface area (Å²) in [5.41, 5.74) is 0.548. The molecule has 1 aromatic heterocycles. The number of phenolic OH excluding ortho intramolecular Hbond substituents is 1. The van der Waals surface area contributed by atoms with Crippen molar-refractivity contribution in [1.29, 1.82) is 0 Å². The van der Waals surface area contributed by atoms with Gasteiger partial charge in [0, 0.05) is 22.7 Å². The summed E-state index contributed by atoms with van der Waals surface area (Å²) in [7, 11) is 0. The third-order valence-corrected chi connectivity index (χ3v) is 4.80. The van der Waals surface area contributed by atoms with Crippen LogP contribution in [0.1, 0.15) is 34.5 Å². The van der Waals surface area contributed by atoms with Crippen LogP contribution in [0.25, 0.3) is 10.9 Å². The van der Waals surface area contributed by atoms with Gasteiger partial charge < -0.3 is 10.2 Å². The van der Waals surface area contributed by atoms with Gasteiger partial charge in [0.1, 0.15) is 5.82 Å². The molecule has 3 aromatic rings. The van der Waals surface area contributed by atoms with Crippen LogP contribution in [-0.2, 0) is 4.79 Å². The van der Waals surface area contributed by atoms with Gasteiger partial charge in [-0.25, -0.2) is 8.78 Å². The molecule has 0 fully saturated rings. The lowest BCUT2D eigenvalue weighted by molar-refractivity contribution is -0.138. The Kier molecular flexibility index (Phi) is 4.65. The molecule has 8 heteroatoms. The number of hydrogen-bond acceptors (Lipinski definition) is 3. The molecule has 0 aliphatic carbocycles. The molecule has 0 aliphatic heterocycles. The monoisotopic (exact) mass is 393 g/mol. The number of nitrogens with zero attached hydrogens (tertiary/aromatic N) is 1. The number of aromatic nitrogens is 1. The molecule has 3 rings (SSSR count). The van der Waals surface area contributed by atoms with Crippen molar-refractivity contribution in [2.75, 3.05) is 0 Å². The van der Waals surface area contributed by atoms with Gasteiger partial charge in [0.2, 0.25) is 0 Å². The topological polar surface area (TPSA) is 79.5 Å². The van der Waals surface area contributed by atoms with Crippen LogP contribution in [0.2, 0.25) is 5.02 Å². The lowest BCUT2D eigenvalue weighted by Crippen LogP contribution is -2.15. The first-order valence-electron chi connectivity index (χ1n) is 7.89. The number of hydrogen-bond donors (Lipinski definition) is 2. The SMILES string of the molecule is Cc1c([C@H](C)C(=O)O)c2cc(O)c(F)cc2n1C(=O)c1ccc(Cl)c(F)c1. The van der Waals surface area contributed by atoms with E-state index in [1.807, 2.05) is 0 Å². The fourth-order valence-electron chi connectivity index (χ4n) is 3.14. The number of phenols is 1. The van der Waals surface area contributed by atoms with Crippen LogP contribution in [0.3, 0.4) is 0 Å². The number of benzene rings is 2. The van der Waals surface area contributed by atoms with E-state index < -0.39 is 35.2 Å². The highest BCUT2D eigenvalue weighted by molar-refractivity contribution is 6.30. The second kappa shape index (κ2) is 6.66. The van der Waals surface area contributed by atoms with Gasteiger partial charge in [-0.1, -0.05) is 11.6 Å². The molecule has 140 valence electrons. The number of fused-ring (bicyclic) bond motifs is 1. The summed E-state index contributed by atoms with van der Waals surface area (Å²) < 4.78 is 28.8. The number of aromatic hydroxyl groups is 1. The van der Waals surface area contributed by atoms with Crippen LogP contribution >= 0.6 is 11.6 Å². The fourth-order valence-corrected chi connectivity index (χ4v) is 3.26. The smallest absolute Gasteiger partial charge is 0.310 e. The zero-order chi connectivity index (χ0) is 20.0. The minimum absolute atomic E-state index is 0.0417. The van der Waals surface area contributed by atoms with Crippen LogP contribution in [0.15, 0.2) is 30.3 Å². The lowest BCUT2D eigenvalue weighted by atomic mass is 9.98. The lowest BCUT2D eigenvalue weighted by Gasteiger charge is -2.10. The van der Waals surface area contributed by atoms with E-state index in [1.54, 1.807) is 0 Å². The summed E-state index contributed by atoms with van der Waals surface area (Å²) >= 11 is 5.64. The molecule has 0 saturated heterocycles. The highest BCUT2D eigenvalue weighted by Crippen LogP contribution is 2.36. The average molecular weight is 394 g/mol. The minimum Gasteiger partial charge on any atom is -0.505 e. The van der Waals surface area contributed by atoms with Crippen LogP contribution in [-0.4, -0.2) is 26.7 Å². The Hall–Kier alpha value is -2.93. The molecule has 2 N–H and O–H groups in total. The molecule has 0 aliphatic rings. The van der Waals surface area contributed by atoms with E-state index in [0.717, 1.165) is 22.8 Å². The summed E-state index contributed by atoms with van der Waals surface area (Å²) in [4.78, 5) is 24.5. The van der Waals surface area contributed by atoms with E-state index in [-0.39, 0.29) is 32.7 Å². The Morgan fingerprint density at radius 1 is 1.15 bits per heavy atom. The van der Waals surface area contributed by atoms with E-state index in [9.17, 15) is 28.6 Å². The molecule has 0 bridgehead atoms. The van der Waals surface area contributed by atoms with E-state index in [0.29, 0.717) is 0 Å². The van der Waals surface area contributed by atoms with Crippen molar-refractivity contribution in [3.8, 4) is 5.75 Å². The number of halogens is 3. The van der Waals surface area contributed by atoms with Gasteiger partial charge in [0.25, 0.3) is 5.91 Å². The Balaban J connectivity index is 2.33. The predicted octanol–water partition coefficient (Wildman–Crippen LogP) is 4.46. The highest BCUT2D eigenvalue weighted by atomic mass is 35.5. The van der Waals surface area contributed by atoms with Crippen molar-refractivity contribution in [2.24, 2.45) is 0 Å². The van der Waals surface area contributed by atoms with E-state index >= 15 is 0 Å². The van der Waals surface area contributed by atoms with Gasteiger partial charge in [-0.3, -0.25) is 14.2 Å². The van der Waals surface area contributed by atoms with Gasteiger partial charge in [-0.15, -0.1) is 0 Å². The van der Waals surface area contributed by atoms with Crippen LogP contribution in [0, 0.1) is 18.6 Å². The largest absolute Gasteiger partial charge is 0.505 e. The first kappa shape index (κ1) is 18.8. The maximum Gasteiger partial charge on any atom is 0.310 e. The molecular formula is C19H14ClF2NO4. The van der Waals surface area contributed by atoms with E-state index in [4.69, 9.17) is 11.6 Å². The maximum atomic E-state index is 13.9. The molecule has 0 unspecified atom stereocenters. The van der Waals surface area contributed by atoms with Gasteiger partial charge in [-0.05, 0) is 43.7 Å². The van der Waals surface area contributed by atoms with Crippen molar-refractivity contribution in [2.45, 2.75) is 19.8 Å². The number of rotatable bonds is 3. The predicted molar refractivity (Wildman–Crippen MR) is 95.5 cm³/mol. The Morgan fingerprint density at radius 2 is 1.81 bits per heavy atom. The zero-order valence-electron chi connectivity index (χ0n) is 14.3. The standard InChI is InChI=1S/C19H14ClF2NO4/c1-8(19(26)27)17-9(2)23(15-7-14(22)16(24)6-11(15)17)18(25)10-3-4-12(20)13(21)5-10/h3-8,24H,1-2H3,(H,26,27)/t8-/m0/s1. The second-order valence-corrected chi connectivity index (χ2v) is 6.56. The first-order chi connectivity index (χ1) is 12.6. The summed E-state index contributed by atoms with van der Waals surface area (Å²) in [5, 5.41) is 19.2. The summed E-state index contributed by atoms with van der Waals surface area (Å²) in [6.45, 7) is 2.93. The molecule has 1 heterocycles. The Morgan fingerprint density at radius 3 is 2.41 bits per heavy atom. The van der Waals surface area contributed by atoms with Gasteiger partial charge >= 0.3 is 5.97 Å². The Bertz CT molecular complexity index is 1110. The van der Waals surface area contributed by atoms with E-state index in [1.165, 1.54) is 26.0 Å². The molecule has 0 radical (unpaired) electrons. The zero-order valence-corrected chi connectivity index (χ0v) is 15.0. The van der Waals surface area contributed by atoms with Gasteiger partial charge in [-0.2, -0.15) is 0 Å². The quantitative estimate of drug-likeness (QED) is 0.688. The fraction of sp³-hybridized carbons (Fsp3) is 0.158. The molecule has 0 spiro atoms. The van der Waals surface area contributed by atoms with Crippen LogP contribution < -0.4 is 0 Å². The molecular weight excluding hydrogens is 380 g/mol. The Labute approximate surface area is 157 Å². The summed E-state index contributed by atoms with van der Waals surface area (Å²) in [5.74, 6) is -5.27. The van der Waals surface area contributed by atoms with Crippen LogP contribution in [0.5, 0.6) is 5.75 Å².